The van der Waals surface area contributed by atoms with Gasteiger partial charge in [0.1, 0.15) is 0 Å². The summed E-state index contributed by atoms with van der Waals surface area (Å²) in [6.45, 7) is 16.7. The summed E-state index contributed by atoms with van der Waals surface area (Å²) in [6.07, 6.45) is 8.13. The quantitative estimate of drug-likeness (QED) is 0.632. The molecular formula is C20H39NO. The molecule has 5 unspecified atom stereocenters. The van der Waals surface area contributed by atoms with Gasteiger partial charge in [0.2, 0.25) is 0 Å². The third-order valence-electron chi connectivity index (χ3n) is 6.85. The van der Waals surface area contributed by atoms with Crippen LogP contribution in [0.15, 0.2) is 0 Å². The summed E-state index contributed by atoms with van der Waals surface area (Å²) in [5.74, 6) is 2.40. The van der Waals surface area contributed by atoms with Crippen molar-refractivity contribution in [1.29, 1.82) is 0 Å². The molecule has 0 bridgehead atoms. The maximum Gasteiger partial charge on any atom is 0.0579 e. The van der Waals surface area contributed by atoms with E-state index in [1.165, 1.54) is 45.1 Å². The predicted octanol–water partition coefficient (Wildman–Crippen LogP) is 5.12. The van der Waals surface area contributed by atoms with Gasteiger partial charge in [-0.1, -0.05) is 34.1 Å². The Labute approximate surface area is 139 Å². The van der Waals surface area contributed by atoms with Gasteiger partial charge in [0, 0.05) is 18.2 Å². The van der Waals surface area contributed by atoms with Gasteiger partial charge in [-0.15, -0.1) is 0 Å². The number of hydrogen-bond acceptors (Lipinski definition) is 2. The van der Waals surface area contributed by atoms with Crippen LogP contribution in [-0.2, 0) is 4.74 Å². The number of piperidine rings is 1. The molecule has 0 spiro atoms. The van der Waals surface area contributed by atoms with Crippen LogP contribution in [0.25, 0.3) is 0 Å². The van der Waals surface area contributed by atoms with Gasteiger partial charge >= 0.3 is 0 Å². The number of likely N-dealkylation sites (tertiary alicyclic amines) is 1. The lowest BCUT2D eigenvalue weighted by molar-refractivity contribution is -0.122. The minimum absolute atomic E-state index is 0.340. The number of rotatable bonds is 6. The molecular weight excluding hydrogens is 270 g/mol. The summed E-state index contributed by atoms with van der Waals surface area (Å²) >= 11 is 0. The molecule has 1 aliphatic carbocycles. The zero-order chi connectivity index (χ0) is 16.3. The van der Waals surface area contributed by atoms with E-state index in [2.05, 4.69) is 46.4 Å². The fourth-order valence-corrected chi connectivity index (χ4v) is 5.04. The van der Waals surface area contributed by atoms with Gasteiger partial charge in [0.25, 0.3) is 0 Å². The van der Waals surface area contributed by atoms with Crippen LogP contribution < -0.4 is 0 Å². The molecule has 0 N–H and O–H groups in total. The SMILES string of the molecule is CCCCOC1CCC2C(C1)C(C)C(C)C(C)(C)N2CCC. The minimum atomic E-state index is 0.340. The molecule has 1 aliphatic heterocycles. The number of fused-ring (bicyclic) bond motifs is 1. The normalized spacial score (nSPS) is 38.7. The number of unbranched alkanes of at least 4 members (excludes halogenated alkanes) is 1. The van der Waals surface area contributed by atoms with Crippen LogP contribution in [-0.4, -0.2) is 35.7 Å². The molecule has 2 heteroatoms. The smallest absolute Gasteiger partial charge is 0.0579 e. The van der Waals surface area contributed by atoms with E-state index in [-0.39, 0.29) is 0 Å². The maximum atomic E-state index is 6.18. The zero-order valence-electron chi connectivity index (χ0n) is 15.9. The monoisotopic (exact) mass is 309 g/mol. The van der Waals surface area contributed by atoms with Crippen molar-refractivity contribution < 1.29 is 4.74 Å². The molecule has 2 nitrogen and oxygen atoms in total. The van der Waals surface area contributed by atoms with Crippen LogP contribution in [0.5, 0.6) is 0 Å². The Morgan fingerprint density at radius 1 is 1.09 bits per heavy atom. The second-order valence-electron chi connectivity index (χ2n) is 8.39. The zero-order valence-corrected chi connectivity index (χ0v) is 15.9. The molecule has 0 aromatic heterocycles. The van der Waals surface area contributed by atoms with Crippen molar-refractivity contribution in [3.63, 3.8) is 0 Å². The van der Waals surface area contributed by atoms with Crippen LogP contribution in [0.4, 0.5) is 0 Å². The topological polar surface area (TPSA) is 12.5 Å². The first-order valence-corrected chi connectivity index (χ1v) is 9.81. The first kappa shape index (κ1) is 18.3. The predicted molar refractivity (Wildman–Crippen MR) is 95.2 cm³/mol. The van der Waals surface area contributed by atoms with Crippen molar-refractivity contribution in [2.75, 3.05) is 13.2 Å². The number of hydrogen-bond donors (Lipinski definition) is 0. The van der Waals surface area contributed by atoms with E-state index in [0.717, 1.165) is 30.4 Å². The third-order valence-corrected chi connectivity index (χ3v) is 6.85. The Bertz CT molecular complexity index is 341. The van der Waals surface area contributed by atoms with Crippen LogP contribution in [0.2, 0.25) is 0 Å². The molecule has 130 valence electrons. The lowest BCUT2D eigenvalue weighted by Crippen LogP contribution is -2.64. The third kappa shape index (κ3) is 3.53. The molecule has 0 amide bonds. The summed E-state index contributed by atoms with van der Waals surface area (Å²) in [5, 5.41) is 0. The van der Waals surface area contributed by atoms with Crippen LogP contribution in [0.1, 0.15) is 80.1 Å². The van der Waals surface area contributed by atoms with Gasteiger partial charge in [-0.05, 0) is 70.3 Å². The Balaban J connectivity index is 2.07. The molecule has 0 radical (unpaired) electrons. The molecule has 1 saturated heterocycles. The molecule has 2 aliphatic rings. The lowest BCUT2D eigenvalue weighted by atomic mass is 9.62. The molecule has 1 heterocycles. The highest BCUT2D eigenvalue weighted by Gasteiger charge is 2.50. The van der Waals surface area contributed by atoms with Gasteiger partial charge in [0.05, 0.1) is 6.10 Å². The standard InChI is InChI=1S/C20H39NO/c1-7-9-13-22-17-10-11-19-18(14-17)15(3)16(4)20(5,6)21(19)12-8-2/h15-19H,7-14H2,1-6H3. The van der Waals surface area contributed by atoms with E-state index in [0.29, 0.717) is 11.6 Å². The Hall–Kier alpha value is -0.0800. The average molecular weight is 310 g/mol. The van der Waals surface area contributed by atoms with Gasteiger partial charge in [-0.2, -0.15) is 0 Å². The second-order valence-corrected chi connectivity index (χ2v) is 8.39. The molecule has 2 rings (SSSR count). The van der Waals surface area contributed by atoms with E-state index >= 15 is 0 Å². The Morgan fingerprint density at radius 3 is 2.45 bits per heavy atom. The summed E-state index contributed by atoms with van der Waals surface area (Å²) in [6, 6.07) is 0.784. The summed E-state index contributed by atoms with van der Waals surface area (Å²) in [7, 11) is 0. The Morgan fingerprint density at radius 2 is 1.82 bits per heavy atom. The van der Waals surface area contributed by atoms with Crippen molar-refractivity contribution in [2.45, 2.75) is 97.8 Å². The summed E-state index contributed by atoms with van der Waals surface area (Å²) in [4.78, 5) is 2.85. The number of nitrogens with zero attached hydrogens (tertiary/aromatic N) is 1. The second kappa shape index (κ2) is 7.66. The highest BCUT2D eigenvalue weighted by atomic mass is 16.5. The first-order valence-electron chi connectivity index (χ1n) is 9.81. The fourth-order valence-electron chi connectivity index (χ4n) is 5.04. The van der Waals surface area contributed by atoms with E-state index in [1.807, 2.05) is 0 Å². The molecule has 22 heavy (non-hydrogen) atoms. The van der Waals surface area contributed by atoms with E-state index < -0.39 is 0 Å². The van der Waals surface area contributed by atoms with Crippen molar-refractivity contribution in [2.24, 2.45) is 17.8 Å². The van der Waals surface area contributed by atoms with Gasteiger partial charge in [-0.25, -0.2) is 0 Å². The minimum Gasteiger partial charge on any atom is -0.378 e. The van der Waals surface area contributed by atoms with Crippen molar-refractivity contribution in [3.8, 4) is 0 Å². The highest BCUT2D eigenvalue weighted by Crippen LogP contribution is 2.48. The van der Waals surface area contributed by atoms with Crippen LogP contribution >= 0.6 is 0 Å². The van der Waals surface area contributed by atoms with Crippen LogP contribution in [0.3, 0.4) is 0 Å². The van der Waals surface area contributed by atoms with Crippen LogP contribution in [0, 0.1) is 17.8 Å². The fraction of sp³-hybridized carbons (Fsp3) is 1.00. The van der Waals surface area contributed by atoms with Gasteiger partial charge in [-0.3, -0.25) is 4.90 Å². The molecule has 2 fully saturated rings. The molecule has 1 saturated carbocycles. The van der Waals surface area contributed by atoms with E-state index in [1.54, 1.807) is 0 Å². The van der Waals surface area contributed by atoms with Crippen molar-refractivity contribution in [3.05, 3.63) is 0 Å². The Kier molecular flexibility index (Phi) is 6.36. The summed E-state index contributed by atoms with van der Waals surface area (Å²) in [5.41, 5.74) is 0.340. The van der Waals surface area contributed by atoms with Gasteiger partial charge < -0.3 is 4.74 Å². The van der Waals surface area contributed by atoms with E-state index in [4.69, 9.17) is 4.74 Å². The average Bonchev–Trinajstić information content (AvgIpc) is 2.50. The first-order chi connectivity index (χ1) is 10.4. The lowest BCUT2D eigenvalue weighted by Gasteiger charge is -2.60. The highest BCUT2D eigenvalue weighted by molar-refractivity contribution is 5.04. The summed E-state index contributed by atoms with van der Waals surface area (Å²) < 4.78 is 6.18. The molecule has 0 aromatic carbocycles. The number of ether oxygens (including phenoxy) is 1. The molecule has 5 atom stereocenters. The van der Waals surface area contributed by atoms with Crippen molar-refractivity contribution in [1.82, 2.24) is 4.90 Å². The molecule has 0 aromatic rings. The van der Waals surface area contributed by atoms with Crippen molar-refractivity contribution >= 4 is 0 Å². The maximum absolute atomic E-state index is 6.18. The van der Waals surface area contributed by atoms with Gasteiger partial charge in [0.15, 0.2) is 0 Å². The van der Waals surface area contributed by atoms with E-state index in [9.17, 15) is 0 Å². The largest absolute Gasteiger partial charge is 0.378 e.